The van der Waals surface area contributed by atoms with Crippen molar-refractivity contribution in [3.8, 4) is 5.75 Å². The van der Waals surface area contributed by atoms with Crippen molar-refractivity contribution in [2.24, 2.45) is 0 Å². The van der Waals surface area contributed by atoms with E-state index >= 15 is 0 Å². The number of alkyl halides is 3. The predicted molar refractivity (Wildman–Crippen MR) is 106 cm³/mol. The molecule has 1 N–H and O–H groups in total. The molecule has 1 unspecified atom stereocenters. The van der Waals surface area contributed by atoms with Gasteiger partial charge >= 0.3 is 6.18 Å². The molecule has 0 bridgehead atoms. The Morgan fingerprint density at radius 1 is 1.10 bits per heavy atom. The number of nitrogens with zero attached hydrogens (tertiary/aromatic N) is 3. The van der Waals surface area contributed by atoms with Crippen molar-refractivity contribution in [3.63, 3.8) is 0 Å². The summed E-state index contributed by atoms with van der Waals surface area (Å²) in [5, 5.41) is 11.2. The number of aromatic nitrogens is 2. The number of halogens is 3. The van der Waals surface area contributed by atoms with Crippen LogP contribution in [-0.2, 0) is 6.18 Å². The summed E-state index contributed by atoms with van der Waals surface area (Å²) in [7, 11) is 1.70. The Balaban J connectivity index is 1.49. The summed E-state index contributed by atoms with van der Waals surface area (Å²) in [6.07, 6.45) is -4.20. The predicted octanol–water partition coefficient (Wildman–Crippen LogP) is 4.27. The molecule has 0 saturated carbocycles. The molecule has 0 amide bonds. The molecule has 0 aliphatic carbocycles. The number of anilines is 1. The van der Waals surface area contributed by atoms with E-state index in [0.717, 1.165) is 11.5 Å². The summed E-state index contributed by atoms with van der Waals surface area (Å²) < 4.78 is 50.3. The van der Waals surface area contributed by atoms with E-state index in [1.54, 1.807) is 11.9 Å². The van der Waals surface area contributed by atoms with Crippen molar-refractivity contribution in [3.05, 3.63) is 60.4 Å². The molecule has 0 fully saturated rings. The van der Waals surface area contributed by atoms with Crippen molar-refractivity contribution in [1.82, 2.24) is 9.97 Å². The van der Waals surface area contributed by atoms with Crippen LogP contribution in [0.15, 0.2) is 59.3 Å². The highest BCUT2D eigenvalue weighted by atomic mass is 19.4. The first-order valence-electron chi connectivity index (χ1n) is 9.15. The lowest BCUT2D eigenvalue weighted by atomic mass is 10.2. The largest absolute Gasteiger partial charge is 0.490 e. The normalized spacial score (nSPS) is 13.0. The lowest BCUT2D eigenvalue weighted by Gasteiger charge is -2.22. The maximum Gasteiger partial charge on any atom is 0.419 e. The Kier molecular flexibility index (Phi) is 5.21. The number of para-hydroxylation sites is 2. The van der Waals surface area contributed by atoms with Gasteiger partial charge in [0.15, 0.2) is 11.4 Å². The molecule has 0 aliphatic rings. The maximum absolute atomic E-state index is 13.1. The van der Waals surface area contributed by atoms with E-state index < -0.39 is 17.8 Å². The van der Waals surface area contributed by atoms with E-state index in [1.165, 1.54) is 24.5 Å². The highest BCUT2D eigenvalue weighted by Gasteiger charge is 2.34. The Morgan fingerprint density at radius 2 is 1.83 bits per heavy atom. The van der Waals surface area contributed by atoms with Crippen LogP contribution in [0.2, 0.25) is 0 Å². The lowest BCUT2D eigenvalue weighted by Crippen LogP contribution is -2.33. The van der Waals surface area contributed by atoms with Crippen molar-refractivity contribution < 1.29 is 27.4 Å². The molecule has 0 aliphatic heterocycles. The van der Waals surface area contributed by atoms with E-state index in [9.17, 15) is 18.3 Å². The van der Waals surface area contributed by atoms with Crippen LogP contribution in [0.1, 0.15) is 5.56 Å². The second-order valence-electron chi connectivity index (χ2n) is 6.81. The SMILES string of the molecule is CN(CC(O)COc1ccccc1C(F)(F)F)c1ncnc2c1oc1ccccc12. The summed E-state index contributed by atoms with van der Waals surface area (Å²) in [4.78, 5) is 10.2. The lowest BCUT2D eigenvalue weighted by molar-refractivity contribution is -0.139. The Hall–Kier alpha value is -3.33. The number of hydrogen-bond acceptors (Lipinski definition) is 6. The number of ether oxygens (including phenoxy) is 1. The van der Waals surface area contributed by atoms with E-state index in [-0.39, 0.29) is 18.9 Å². The third-order valence-electron chi connectivity index (χ3n) is 4.61. The van der Waals surface area contributed by atoms with Crippen LogP contribution in [0.5, 0.6) is 5.75 Å². The smallest absolute Gasteiger partial charge is 0.419 e. The van der Waals surface area contributed by atoms with Crippen LogP contribution in [0.25, 0.3) is 22.1 Å². The van der Waals surface area contributed by atoms with Crippen molar-refractivity contribution in [2.75, 3.05) is 25.1 Å². The molecule has 0 radical (unpaired) electrons. The number of furan rings is 1. The number of fused-ring (bicyclic) bond motifs is 3. The van der Waals surface area contributed by atoms with Crippen LogP contribution in [0, 0.1) is 0 Å². The fraction of sp³-hybridized carbons (Fsp3) is 0.238. The van der Waals surface area contributed by atoms with Gasteiger partial charge in [-0.15, -0.1) is 0 Å². The van der Waals surface area contributed by atoms with E-state index in [1.807, 2.05) is 24.3 Å². The topological polar surface area (TPSA) is 71.6 Å². The van der Waals surface area contributed by atoms with Gasteiger partial charge in [0.05, 0.1) is 5.56 Å². The van der Waals surface area contributed by atoms with Gasteiger partial charge < -0.3 is 19.2 Å². The Bertz CT molecular complexity index is 1180. The van der Waals surface area contributed by atoms with Gasteiger partial charge in [-0.3, -0.25) is 0 Å². The number of likely N-dealkylation sites (N-methyl/N-ethyl adjacent to an activating group) is 1. The maximum atomic E-state index is 13.1. The molecule has 9 heteroatoms. The molecule has 30 heavy (non-hydrogen) atoms. The van der Waals surface area contributed by atoms with Crippen LogP contribution in [0.3, 0.4) is 0 Å². The van der Waals surface area contributed by atoms with Crippen LogP contribution in [-0.4, -0.2) is 41.4 Å². The van der Waals surface area contributed by atoms with Crippen LogP contribution in [0.4, 0.5) is 19.0 Å². The molecule has 2 aromatic heterocycles. The monoisotopic (exact) mass is 417 g/mol. The molecule has 4 aromatic rings. The molecule has 1 atom stereocenters. The summed E-state index contributed by atoms with van der Waals surface area (Å²) in [5.41, 5.74) is 0.893. The summed E-state index contributed by atoms with van der Waals surface area (Å²) >= 11 is 0. The molecule has 6 nitrogen and oxygen atoms in total. The van der Waals surface area contributed by atoms with Gasteiger partial charge in [0.25, 0.3) is 0 Å². The minimum absolute atomic E-state index is 0.0668. The number of benzene rings is 2. The average molecular weight is 417 g/mol. The fourth-order valence-corrected chi connectivity index (χ4v) is 3.25. The minimum Gasteiger partial charge on any atom is -0.490 e. The van der Waals surface area contributed by atoms with Gasteiger partial charge in [0, 0.05) is 19.0 Å². The highest BCUT2D eigenvalue weighted by molar-refractivity contribution is 6.05. The quantitative estimate of drug-likeness (QED) is 0.505. The summed E-state index contributed by atoms with van der Waals surface area (Å²) in [5.74, 6) is 0.138. The van der Waals surface area contributed by atoms with Crippen molar-refractivity contribution in [2.45, 2.75) is 12.3 Å². The zero-order valence-corrected chi connectivity index (χ0v) is 15.9. The van der Waals surface area contributed by atoms with Gasteiger partial charge in [-0.2, -0.15) is 13.2 Å². The average Bonchev–Trinajstić information content (AvgIpc) is 3.10. The molecule has 156 valence electrons. The van der Waals surface area contributed by atoms with Crippen LogP contribution < -0.4 is 9.64 Å². The minimum atomic E-state index is -4.54. The van der Waals surface area contributed by atoms with Gasteiger partial charge in [-0.25, -0.2) is 9.97 Å². The van der Waals surface area contributed by atoms with Crippen LogP contribution >= 0.6 is 0 Å². The number of aliphatic hydroxyl groups excluding tert-OH is 1. The molecule has 2 heterocycles. The Morgan fingerprint density at radius 3 is 2.63 bits per heavy atom. The highest BCUT2D eigenvalue weighted by Crippen LogP contribution is 2.36. The molecule has 0 saturated heterocycles. The first-order valence-corrected chi connectivity index (χ1v) is 9.15. The summed E-state index contributed by atoms with van der Waals surface area (Å²) in [6.45, 7) is -0.247. The van der Waals surface area contributed by atoms with E-state index in [4.69, 9.17) is 9.15 Å². The zero-order valence-electron chi connectivity index (χ0n) is 15.9. The second-order valence-corrected chi connectivity index (χ2v) is 6.81. The van der Waals surface area contributed by atoms with Gasteiger partial charge in [-0.05, 0) is 24.3 Å². The first-order chi connectivity index (χ1) is 14.3. The number of hydrogen-bond donors (Lipinski definition) is 1. The second kappa shape index (κ2) is 7.83. The summed E-state index contributed by atoms with van der Waals surface area (Å²) in [6, 6.07) is 12.3. The number of rotatable bonds is 6. The molecule has 4 rings (SSSR count). The first kappa shape index (κ1) is 20.0. The fourth-order valence-electron chi connectivity index (χ4n) is 3.25. The van der Waals surface area contributed by atoms with Crippen molar-refractivity contribution in [1.29, 1.82) is 0 Å². The zero-order chi connectivity index (χ0) is 21.3. The Labute approximate surface area is 169 Å². The van der Waals surface area contributed by atoms with Gasteiger partial charge in [-0.1, -0.05) is 24.3 Å². The third-order valence-corrected chi connectivity index (χ3v) is 4.61. The molecular formula is C21H18F3N3O3. The molecule has 0 spiro atoms. The third kappa shape index (κ3) is 3.88. The van der Waals surface area contributed by atoms with Crippen molar-refractivity contribution >= 4 is 27.9 Å². The van der Waals surface area contributed by atoms with Gasteiger partial charge in [0.2, 0.25) is 0 Å². The van der Waals surface area contributed by atoms with E-state index in [2.05, 4.69) is 9.97 Å². The molecular weight excluding hydrogens is 399 g/mol. The number of aliphatic hydroxyl groups is 1. The molecule has 2 aromatic carbocycles. The van der Waals surface area contributed by atoms with Gasteiger partial charge in [0.1, 0.15) is 35.9 Å². The standard InChI is InChI=1S/C21H18F3N3O3/c1-27(10-13(28)11-29-17-9-5-3-7-15(17)21(22,23)24)20-19-18(25-12-26-20)14-6-2-4-8-16(14)30-19/h2-9,12-13,28H,10-11H2,1H3. The van der Waals surface area contributed by atoms with E-state index in [0.29, 0.717) is 22.5 Å².